The summed E-state index contributed by atoms with van der Waals surface area (Å²) < 4.78 is 5.80. The minimum atomic E-state index is -1.57. The highest BCUT2D eigenvalue weighted by molar-refractivity contribution is 5.81. The predicted molar refractivity (Wildman–Crippen MR) is 125 cm³/mol. The van der Waals surface area contributed by atoms with Crippen molar-refractivity contribution in [1.29, 1.82) is 0 Å². The number of carbonyl (C=O) groups excluding carboxylic acids is 1. The Balaban J connectivity index is 1.44. The normalized spacial score (nSPS) is 20.5. The van der Waals surface area contributed by atoms with E-state index in [9.17, 15) is 9.90 Å². The molecule has 0 radical (unpaired) electrons. The molecule has 1 aromatic heterocycles. The van der Waals surface area contributed by atoms with Crippen molar-refractivity contribution in [2.24, 2.45) is 5.92 Å². The van der Waals surface area contributed by atoms with Gasteiger partial charge < -0.3 is 14.7 Å². The van der Waals surface area contributed by atoms with E-state index in [2.05, 4.69) is 16.0 Å². The Morgan fingerprint density at radius 3 is 2.50 bits per heavy atom. The van der Waals surface area contributed by atoms with Gasteiger partial charge in [-0.15, -0.1) is 0 Å². The molecule has 2 aromatic rings. The van der Waals surface area contributed by atoms with Crippen LogP contribution < -0.4 is 0 Å². The van der Waals surface area contributed by atoms with E-state index in [0.29, 0.717) is 12.2 Å². The van der Waals surface area contributed by atoms with Crippen molar-refractivity contribution in [3.8, 4) is 0 Å². The van der Waals surface area contributed by atoms with Gasteiger partial charge in [0.2, 0.25) is 0 Å². The van der Waals surface area contributed by atoms with Crippen LogP contribution >= 0.6 is 0 Å². The maximum atomic E-state index is 13.3. The maximum absolute atomic E-state index is 13.3. The summed E-state index contributed by atoms with van der Waals surface area (Å²) in [6.07, 6.45) is 11.9. The fraction of sp³-hybridized carbons (Fsp3) is 0.556. The minimum absolute atomic E-state index is 0.0927. The number of rotatable bonds is 9. The van der Waals surface area contributed by atoms with Crippen LogP contribution in [0.5, 0.6) is 0 Å². The minimum Gasteiger partial charge on any atom is -0.463 e. The Kier molecular flexibility index (Phi) is 7.93. The number of hydrogen-bond donors (Lipinski definition) is 1. The molecule has 0 spiro atoms. The van der Waals surface area contributed by atoms with E-state index in [1.807, 2.05) is 42.6 Å². The molecule has 1 N–H and O–H groups in total. The fourth-order valence-corrected chi connectivity index (χ4v) is 5.39. The molecule has 1 unspecified atom stereocenters. The lowest BCUT2D eigenvalue weighted by atomic mass is 9.73. The first-order valence-electron chi connectivity index (χ1n) is 12.3. The van der Waals surface area contributed by atoms with Crippen molar-refractivity contribution < 1.29 is 14.6 Å². The SMILES string of the molecule is O=C(OCC[C@@H](CN1CCCC1)c1cccnc1)C(O)(c1ccccc1)C1CCCCC1. The Labute approximate surface area is 191 Å². The smallest absolute Gasteiger partial charge is 0.343 e. The predicted octanol–water partition coefficient (Wildman–Crippen LogP) is 4.66. The number of aliphatic hydroxyl groups is 1. The number of esters is 1. The summed E-state index contributed by atoms with van der Waals surface area (Å²) in [6, 6.07) is 13.4. The molecule has 32 heavy (non-hydrogen) atoms. The van der Waals surface area contributed by atoms with Crippen LogP contribution in [-0.2, 0) is 15.1 Å². The molecule has 1 aromatic carbocycles. The van der Waals surface area contributed by atoms with Crippen LogP contribution in [0.4, 0.5) is 0 Å². The van der Waals surface area contributed by atoms with Crippen LogP contribution in [0.2, 0.25) is 0 Å². The van der Waals surface area contributed by atoms with Crippen LogP contribution in [0.25, 0.3) is 0 Å². The van der Waals surface area contributed by atoms with Gasteiger partial charge in [0.15, 0.2) is 5.60 Å². The zero-order chi connectivity index (χ0) is 22.2. The Hall–Kier alpha value is -2.24. The Bertz CT molecular complexity index is 832. The molecule has 0 amide bonds. The van der Waals surface area contributed by atoms with Crippen LogP contribution in [-0.4, -0.2) is 47.2 Å². The molecule has 5 nitrogen and oxygen atoms in total. The van der Waals surface area contributed by atoms with Gasteiger partial charge in [0.1, 0.15) is 0 Å². The number of nitrogens with zero attached hydrogens (tertiary/aromatic N) is 2. The monoisotopic (exact) mass is 436 g/mol. The van der Waals surface area contributed by atoms with E-state index >= 15 is 0 Å². The second-order valence-electron chi connectivity index (χ2n) is 9.38. The van der Waals surface area contributed by atoms with Gasteiger partial charge in [-0.2, -0.15) is 0 Å². The second-order valence-corrected chi connectivity index (χ2v) is 9.38. The molecule has 2 atom stereocenters. The lowest BCUT2D eigenvalue weighted by molar-refractivity contribution is -0.175. The first-order valence-corrected chi connectivity index (χ1v) is 12.3. The number of likely N-dealkylation sites (tertiary alicyclic amines) is 1. The van der Waals surface area contributed by atoms with Gasteiger partial charge in [0, 0.05) is 30.8 Å². The van der Waals surface area contributed by atoms with Gasteiger partial charge in [-0.05, 0) is 62.4 Å². The molecular formula is C27H36N2O3. The third kappa shape index (κ3) is 5.38. The largest absolute Gasteiger partial charge is 0.463 e. The average molecular weight is 437 g/mol. The van der Waals surface area contributed by atoms with Crippen molar-refractivity contribution in [2.75, 3.05) is 26.2 Å². The summed E-state index contributed by atoms with van der Waals surface area (Å²) >= 11 is 0. The fourth-order valence-electron chi connectivity index (χ4n) is 5.39. The zero-order valence-corrected chi connectivity index (χ0v) is 19.0. The van der Waals surface area contributed by atoms with Crippen LogP contribution in [0, 0.1) is 5.92 Å². The Morgan fingerprint density at radius 2 is 1.81 bits per heavy atom. The van der Waals surface area contributed by atoms with Crippen molar-refractivity contribution in [3.05, 3.63) is 66.0 Å². The van der Waals surface area contributed by atoms with E-state index in [0.717, 1.165) is 51.7 Å². The van der Waals surface area contributed by atoms with E-state index in [-0.39, 0.29) is 11.8 Å². The van der Waals surface area contributed by atoms with E-state index in [1.54, 1.807) is 6.20 Å². The lowest BCUT2D eigenvalue weighted by Gasteiger charge is -2.37. The number of ether oxygens (including phenoxy) is 1. The number of hydrogen-bond acceptors (Lipinski definition) is 5. The van der Waals surface area contributed by atoms with E-state index < -0.39 is 11.6 Å². The number of carbonyl (C=O) groups is 1. The van der Waals surface area contributed by atoms with Gasteiger partial charge in [-0.25, -0.2) is 4.79 Å². The summed E-state index contributed by atoms with van der Waals surface area (Å²) in [7, 11) is 0. The van der Waals surface area contributed by atoms with Gasteiger partial charge in [0.05, 0.1) is 6.61 Å². The molecule has 1 aliphatic heterocycles. The third-order valence-corrected chi connectivity index (χ3v) is 7.25. The van der Waals surface area contributed by atoms with Crippen LogP contribution in [0.1, 0.15) is 68.4 Å². The van der Waals surface area contributed by atoms with Crippen LogP contribution in [0.15, 0.2) is 54.9 Å². The van der Waals surface area contributed by atoms with Crippen LogP contribution in [0.3, 0.4) is 0 Å². The molecule has 1 saturated heterocycles. The molecule has 1 aliphatic carbocycles. The molecule has 0 bridgehead atoms. The van der Waals surface area contributed by atoms with Crippen molar-refractivity contribution in [3.63, 3.8) is 0 Å². The second kappa shape index (κ2) is 11.1. The van der Waals surface area contributed by atoms with E-state index in [4.69, 9.17) is 4.74 Å². The number of benzene rings is 1. The van der Waals surface area contributed by atoms with Crippen molar-refractivity contribution >= 4 is 5.97 Å². The molecule has 2 fully saturated rings. The highest BCUT2D eigenvalue weighted by Crippen LogP contribution is 2.40. The van der Waals surface area contributed by atoms with E-state index in [1.165, 1.54) is 24.8 Å². The van der Waals surface area contributed by atoms with Gasteiger partial charge in [0.25, 0.3) is 0 Å². The molecule has 2 heterocycles. The summed E-state index contributed by atoms with van der Waals surface area (Å²) in [5.74, 6) is -0.333. The first kappa shape index (κ1) is 22.9. The third-order valence-electron chi connectivity index (χ3n) is 7.25. The van der Waals surface area contributed by atoms with Gasteiger partial charge >= 0.3 is 5.97 Å². The summed E-state index contributed by atoms with van der Waals surface area (Å²) in [5, 5.41) is 11.7. The standard InChI is InChI=1S/C27H36N2O3/c30-26(27(31,24-11-3-1-4-12-24)25-13-5-2-6-14-25)32-19-15-23(21-29-17-7-8-18-29)22-10-9-16-28-20-22/h1,3-4,9-12,16,20,23,25,31H,2,5-8,13-15,17-19,21H2/t23-,27?/m0/s1. The van der Waals surface area contributed by atoms with Gasteiger partial charge in [-0.1, -0.05) is 55.7 Å². The molecule has 2 aliphatic rings. The van der Waals surface area contributed by atoms with Crippen molar-refractivity contribution in [2.45, 2.75) is 62.9 Å². The highest BCUT2D eigenvalue weighted by atomic mass is 16.5. The summed E-state index contributed by atoms with van der Waals surface area (Å²) in [5.41, 5.74) is 0.263. The highest BCUT2D eigenvalue weighted by Gasteiger charge is 2.47. The number of pyridine rings is 1. The topological polar surface area (TPSA) is 62.7 Å². The summed E-state index contributed by atoms with van der Waals surface area (Å²) in [6.45, 7) is 3.51. The van der Waals surface area contributed by atoms with Gasteiger partial charge in [-0.3, -0.25) is 4.98 Å². The molecular weight excluding hydrogens is 400 g/mol. The molecule has 172 valence electrons. The summed E-state index contributed by atoms with van der Waals surface area (Å²) in [4.78, 5) is 20.1. The Morgan fingerprint density at radius 1 is 1.06 bits per heavy atom. The maximum Gasteiger partial charge on any atom is 0.343 e. The zero-order valence-electron chi connectivity index (χ0n) is 19.0. The number of aromatic nitrogens is 1. The molecule has 5 heteroatoms. The van der Waals surface area contributed by atoms with Crippen molar-refractivity contribution in [1.82, 2.24) is 9.88 Å². The molecule has 1 saturated carbocycles. The average Bonchev–Trinajstić information content (AvgIpc) is 3.37. The molecule has 4 rings (SSSR count). The first-order chi connectivity index (χ1) is 15.7. The lowest BCUT2D eigenvalue weighted by Crippen LogP contribution is -2.45. The quantitative estimate of drug-likeness (QED) is 0.579.